The number of ether oxygens (including phenoxy) is 1. The van der Waals surface area contributed by atoms with Crippen molar-refractivity contribution >= 4 is 5.95 Å². The predicted octanol–water partition coefficient (Wildman–Crippen LogP) is 2.68. The summed E-state index contributed by atoms with van der Waals surface area (Å²) < 4.78 is 5.10. The van der Waals surface area contributed by atoms with Gasteiger partial charge in [0, 0.05) is 24.0 Å². The maximum absolute atomic E-state index is 10.1. The molecule has 5 heteroatoms. The van der Waals surface area contributed by atoms with Crippen LogP contribution < -0.4 is 10.1 Å². The molecule has 1 aromatic carbocycles. The number of hydrogen-bond acceptors (Lipinski definition) is 5. The van der Waals surface area contributed by atoms with Gasteiger partial charge >= 0.3 is 0 Å². The molecule has 0 atom stereocenters. The fourth-order valence-electron chi connectivity index (χ4n) is 2.61. The lowest BCUT2D eigenvalue weighted by molar-refractivity contribution is 0.371. The molecule has 1 heterocycles. The van der Waals surface area contributed by atoms with Gasteiger partial charge in [0.25, 0.3) is 0 Å². The zero-order valence-corrected chi connectivity index (χ0v) is 12.1. The van der Waals surface area contributed by atoms with E-state index in [-0.39, 0.29) is 5.75 Å². The molecule has 2 aromatic rings. The number of hydrogen-bond donors (Lipinski definition) is 2. The molecule has 0 spiro atoms. The minimum absolute atomic E-state index is 0.158. The fourth-order valence-corrected chi connectivity index (χ4v) is 2.61. The summed E-state index contributed by atoms with van der Waals surface area (Å²) in [7, 11) is 1.54. The average Bonchev–Trinajstić information content (AvgIpc) is 2.54. The van der Waals surface area contributed by atoms with E-state index in [1.54, 1.807) is 13.2 Å². The third-order valence-corrected chi connectivity index (χ3v) is 3.80. The van der Waals surface area contributed by atoms with E-state index >= 15 is 0 Å². The second kappa shape index (κ2) is 5.99. The highest BCUT2D eigenvalue weighted by Gasteiger charge is 2.12. The van der Waals surface area contributed by atoms with Gasteiger partial charge in [-0.05, 0) is 37.3 Å². The maximum atomic E-state index is 10.1. The molecule has 0 unspecified atom stereocenters. The molecule has 0 aliphatic heterocycles. The molecule has 0 fully saturated rings. The van der Waals surface area contributed by atoms with Crippen molar-refractivity contribution in [3.05, 3.63) is 41.2 Å². The van der Waals surface area contributed by atoms with Crippen molar-refractivity contribution in [3.63, 3.8) is 0 Å². The Morgan fingerprint density at radius 2 is 2.14 bits per heavy atom. The second-order valence-corrected chi connectivity index (χ2v) is 5.19. The fraction of sp³-hybridized carbons (Fsp3) is 0.375. The van der Waals surface area contributed by atoms with Crippen LogP contribution in [0.2, 0.25) is 0 Å². The molecule has 3 rings (SSSR count). The highest BCUT2D eigenvalue weighted by molar-refractivity contribution is 5.46. The first kappa shape index (κ1) is 13.7. The topological polar surface area (TPSA) is 67.3 Å². The van der Waals surface area contributed by atoms with Crippen LogP contribution in [0.5, 0.6) is 11.5 Å². The lowest BCUT2D eigenvalue weighted by Gasteiger charge is -2.15. The number of para-hydroxylation sites is 1. The molecule has 0 bridgehead atoms. The highest BCUT2D eigenvalue weighted by atomic mass is 16.5. The largest absolute Gasteiger partial charge is 0.504 e. The number of aromatic hydroxyl groups is 1. The first-order valence-electron chi connectivity index (χ1n) is 7.21. The number of benzene rings is 1. The first-order valence-corrected chi connectivity index (χ1v) is 7.21. The zero-order chi connectivity index (χ0) is 14.7. The van der Waals surface area contributed by atoms with Gasteiger partial charge in [-0.1, -0.05) is 12.1 Å². The van der Waals surface area contributed by atoms with Gasteiger partial charge in [-0.3, -0.25) is 0 Å². The van der Waals surface area contributed by atoms with E-state index in [1.165, 1.54) is 18.4 Å². The van der Waals surface area contributed by atoms with Crippen LogP contribution in [0.15, 0.2) is 24.4 Å². The number of phenolic OH excluding ortho intramolecular Hbond substituents is 1. The van der Waals surface area contributed by atoms with Crippen LogP contribution in [-0.4, -0.2) is 22.2 Å². The summed E-state index contributed by atoms with van der Waals surface area (Å²) in [6.45, 7) is 0.460. The summed E-state index contributed by atoms with van der Waals surface area (Å²) >= 11 is 0. The van der Waals surface area contributed by atoms with E-state index in [0.717, 1.165) is 24.1 Å². The lowest BCUT2D eigenvalue weighted by atomic mass is 9.98. The van der Waals surface area contributed by atoms with Crippen molar-refractivity contribution < 1.29 is 9.84 Å². The number of phenols is 1. The molecule has 5 nitrogen and oxygen atoms in total. The number of anilines is 1. The Kier molecular flexibility index (Phi) is 3.90. The molecule has 0 amide bonds. The van der Waals surface area contributed by atoms with Crippen molar-refractivity contribution in [3.8, 4) is 11.5 Å². The molecular formula is C16H19N3O2. The number of aromatic nitrogens is 2. The smallest absolute Gasteiger partial charge is 0.223 e. The number of nitrogens with one attached hydrogen (secondary N) is 1. The van der Waals surface area contributed by atoms with Crippen LogP contribution in [0.25, 0.3) is 0 Å². The summed E-state index contributed by atoms with van der Waals surface area (Å²) in [5.74, 6) is 1.24. The van der Waals surface area contributed by atoms with E-state index in [1.807, 2.05) is 18.3 Å². The summed E-state index contributed by atoms with van der Waals surface area (Å²) in [5.41, 5.74) is 3.17. The van der Waals surface area contributed by atoms with E-state index in [2.05, 4.69) is 15.3 Å². The van der Waals surface area contributed by atoms with Crippen molar-refractivity contribution in [2.24, 2.45) is 0 Å². The quantitative estimate of drug-likeness (QED) is 0.904. The zero-order valence-electron chi connectivity index (χ0n) is 12.1. The summed E-state index contributed by atoms with van der Waals surface area (Å²) in [4.78, 5) is 8.91. The van der Waals surface area contributed by atoms with Gasteiger partial charge in [0.15, 0.2) is 11.5 Å². The summed E-state index contributed by atoms with van der Waals surface area (Å²) in [6, 6.07) is 5.43. The molecule has 0 saturated carbocycles. The minimum atomic E-state index is 0.158. The monoisotopic (exact) mass is 285 g/mol. The van der Waals surface area contributed by atoms with Gasteiger partial charge in [-0.2, -0.15) is 0 Å². The second-order valence-electron chi connectivity index (χ2n) is 5.19. The molecule has 110 valence electrons. The molecule has 1 aliphatic rings. The number of aryl methyl sites for hydroxylation is 2. The third kappa shape index (κ3) is 2.91. The summed E-state index contributed by atoms with van der Waals surface area (Å²) in [5, 5.41) is 13.2. The molecule has 21 heavy (non-hydrogen) atoms. The Balaban J connectivity index is 1.73. The van der Waals surface area contributed by atoms with Crippen molar-refractivity contribution in [2.75, 3.05) is 12.4 Å². The van der Waals surface area contributed by atoms with Crippen LogP contribution >= 0.6 is 0 Å². The van der Waals surface area contributed by atoms with Crippen molar-refractivity contribution in [1.29, 1.82) is 0 Å². The van der Waals surface area contributed by atoms with Crippen LogP contribution in [0.3, 0.4) is 0 Å². The minimum Gasteiger partial charge on any atom is -0.504 e. The number of rotatable bonds is 4. The Morgan fingerprint density at radius 1 is 1.29 bits per heavy atom. The van der Waals surface area contributed by atoms with Crippen LogP contribution in [0.4, 0.5) is 5.95 Å². The number of fused-ring (bicyclic) bond motifs is 1. The lowest BCUT2D eigenvalue weighted by Crippen LogP contribution is -2.10. The Hall–Kier alpha value is -2.30. The van der Waals surface area contributed by atoms with Gasteiger partial charge in [-0.25, -0.2) is 9.97 Å². The Bertz CT molecular complexity index is 643. The van der Waals surface area contributed by atoms with Crippen LogP contribution in [0.1, 0.15) is 29.7 Å². The molecule has 0 radical (unpaired) electrons. The molecule has 1 aliphatic carbocycles. The highest BCUT2D eigenvalue weighted by Crippen LogP contribution is 2.29. The van der Waals surface area contributed by atoms with Gasteiger partial charge in [-0.15, -0.1) is 0 Å². The first-order chi connectivity index (χ1) is 10.3. The third-order valence-electron chi connectivity index (χ3n) is 3.80. The molecular weight excluding hydrogens is 266 g/mol. The molecule has 2 N–H and O–H groups in total. The number of nitrogens with zero attached hydrogens (tertiary/aromatic N) is 2. The standard InChI is InChI=1S/C16H19N3O2/c1-21-14-8-4-6-12(15(14)20)10-18-16-17-9-11-5-2-3-7-13(11)19-16/h4,6,8-9,20H,2-3,5,7,10H2,1H3,(H,17,18,19). The van der Waals surface area contributed by atoms with Crippen LogP contribution in [-0.2, 0) is 19.4 Å². The van der Waals surface area contributed by atoms with E-state index < -0.39 is 0 Å². The predicted molar refractivity (Wildman–Crippen MR) is 80.7 cm³/mol. The van der Waals surface area contributed by atoms with Gasteiger partial charge < -0.3 is 15.2 Å². The Morgan fingerprint density at radius 3 is 3.00 bits per heavy atom. The molecule has 0 saturated heterocycles. The SMILES string of the molecule is COc1cccc(CNc2ncc3c(n2)CCCC3)c1O. The summed E-state index contributed by atoms with van der Waals surface area (Å²) in [6.07, 6.45) is 6.43. The average molecular weight is 285 g/mol. The normalized spacial score (nSPS) is 13.6. The maximum Gasteiger partial charge on any atom is 0.223 e. The van der Waals surface area contributed by atoms with E-state index in [0.29, 0.717) is 18.2 Å². The van der Waals surface area contributed by atoms with E-state index in [9.17, 15) is 5.11 Å². The van der Waals surface area contributed by atoms with Gasteiger partial charge in [0.05, 0.1) is 7.11 Å². The van der Waals surface area contributed by atoms with E-state index in [4.69, 9.17) is 4.74 Å². The molecule has 1 aromatic heterocycles. The van der Waals surface area contributed by atoms with Crippen molar-refractivity contribution in [2.45, 2.75) is 32.2 Å². The van der Waals surface area contributed by atoms with Gasteiger partial charge in [0.1, 0.15) is 0 Å². The Labute approximate surface area is 124 Å². The van der Waals surface area contributed by atoms with Crippen molar-refractivity contribution in [1.82, 2.24) is 9.97 Å². The number of methoxy groups -OCH3 is 1. The van der Waals surface area contributed by atoms with Crippen LogP contribution in [0, 0.1) is 0 Å². The van der Waals surface area contributed by atoms with Gasteiger partial charge in [0.2, 0.25) is 5.95 Å².